The predicted molar refractivity (Wildman–Crippen MR) is 95.1 cm³/mol. The second-order valence-electron chi connectivity index (χ2n) is 5.55. The zero-order valence-corrected chi connectivity index (χ0v) is 15.7. The minimum absolute atomic E-state index is 0.0687. The molecule has 0 bridgehead atoms. The van der Waals surface area contributed by atoms with E-state index in [4.69, 9.17) is 9.05 Å². The number of hydrogen-bond acceptors (Lipinski definition) is 4. The molecule has 1 atom stereocenters. The third-order valence-corrected chi connectivity index (χ3v) is 5.91. The van der Waals surface area contributed by atoms with Crippen LogP contribution in [-0.4, -0.2) is 13.2 Å². The molecule has 0 heterocycles. The summed E-state index contributed by atoms with van der Waals surface area (Å²) in [5.74, 6) is -1.61. The highest BCUT2D eigenvalue weighted by Crippen LogP contribution is 2.60. The Morgan fingerprint density at radius 3 is 2.15 bits per heavy atom. The Kier molecular flexibility index (Phi) is 7.03. The fraction of sp³-hybridized carbons (Fsp3) is 0.333. The number of nitrogens with one attached hydrogen (secondary N) is 1. The van der Waals surface area contributed by atoms with E-state index in [2.05, 4.69) is 5.32 Å². The standard InChI is InChI=1S/C18H20F4NO3P/c1-3-25-27(24,26-4-2)17(13-8-10-15(19)11-9-13)23-16-7-5-6-14(12-16)18(20,21)22/h5-12,17,23H,3-4H2,1-2H3/t17-/m1/s1. The van der Waals surface area contributed by atoms with E-state index in [1.807, 2.05) is 0 Å². The first-order valence-electron chi connectivity index (χ1n) is 8.27. The second kappa shape index (κ2) is 8.87. The third kappa shape index (κ3) is 5.54. The quantitative estimate of drug-likeness (QED) is 0.418. The van der Waals surface area contributed by atoms with Gasteiger partial charge in [-0.05, 0) is 49.7 Å². The minimum atomic E-state index is -4.52. The van der Waals surface area contributed by atoms with Crippen LogP contribution in [0.15, 0.2) is 48.5 Å². The maximum atomic E-state index is 13.3. The molecule has 0 saturated heterocycles. The van der Waals surface area contributed by atoms with Gasteiger partial charge in [0.2, 0.25) is 0 Å². The molecule has 2 aromatic carbocycles. The predicted octanol–water partition coefficient (Wildman–Crippen LogP) is 6.22. The zero-order valence-electron chi connectivity index (χ0n) is 14.8. The van der Waals surface area contributed by atoms with Gasteiger partial charge in [-0.3, -0.25) is 4.57 Å². The van der Waals surface area contributed by atoms with Crippen molar-refractivity contribution in [2.45, 2.75) is 25.8 Å². The van der Waals surface area contributed by atoms with Crippen molar-refractivity contribution in [1.29, 1.82) is 0 Å². The Morgan fingerprint density at radius 1 is 1.04 bits per heavy atom. The van der Waals surface area contributed by atoms with Crippen LogP contribution in [0.3, 0.4) is 0 Å². The van der Waals surface area contributed by atoms with Crippen LogP contribution in [0.25, 0.3) is 0 Å². The molecule has 0 amide bonds. The van der Waals surface area contributed by atoms with E-state index in [-0.39, 0.29) is 18.9 Å². The number of alkyl halides is 3. The molecule has 0 aliphatic carbocycles. The van der Waals surface area contributed by atoms with Crippen molar-refractivity contribution in [1.82, 2.24) is 0 Å². The lowest BCUT2D eigenvalue weighted by Gasteiger charge is -2.28. The van der Waals surface area contributed by atoms with E-state index < -0.39 is 30.9 Å². The zero-order chi connectivity index (χ0) is 20.1. The number of benzene rings is 2. The van der Waals surface area contributed by atoms with E-state index in [1.165, 1.54) is 36.4 Å². The Bertz CT molecular complexity index is 786. The summed E-state index contributed by atoms with van der Waals surface area (Å²) < 4.78 is 76.1. The molecule has 0 aromatic heterocycles. The van der Waals surface area contributed by atoms with Crippen LogP contribution >= 0.6 is 7.60 Å². The van der Waals surface area contributed by atoms with E-state index >= 15 is 0 Å². The van der Waals surface area contributed by atoms with Crippen LogP contribution < -0.4 is 5.32 Å². The summed E-state index contributed by atoms with van der Waals surface area (Å²) in [5.41, 5.74) is -0.411. The number of anilines is 1. The lowest BCUT2D eigenvalue weighted by atomic mass is 10.1. The maximum Gasteiger partial charge on any atom is 0.416 e. The topological polar surface area (TPSA) is 47.6 Å². The second-order valence-corrected chi connectivity index (χ2v) is 7.66. The molecule has 0 fully saturated rings. The molecule has 9 heteroatoms. The molecule has 0 spiro atoms. The van der Waals surface area contributed by atoms with Gasteiger partial charge in [0.05, 0.1) is 18.8 Å². The van der Waals surface area contributed by atoms with Crippen LogP contribution in [0.2, 0.25) is 0 Å². The molecule has 2 rings (SSSR count). The van der Waals surface area contributed by atoms with Crippen LogP contribution in [0.4, 0.5) is 23.2 Å². The van der Waals surface area contributed by atoms with Crippen molar-refractivity contribution >= 4 is 13.3 Å². The summed E-state index contributed by atoms with van der Waals surface area (Å²) in [5, 5.41) is 2.80. The van der Waals surface area contributed by atoms with Crippen LogP contribution in [0, 0.1) is 5.82 Å². The SMILES string of the molecule is CCOP(=O)(OCC)[C@@H](Nc1cccc(C(F)(F)F)c1)c1ccc(F)cc1. The molecule has 0 unspecified atom stereocenters. The molecule has 1 N–H and O–H groups in total. The molecule has 2 aromatic rings. The summed E-state index contributed by atoms with van der Waals surface area (Å²) in [6.45, 7) is 3.38. The first kappa shape index (κ1) is 21.4. The Morgan fingerprint density at radius 2 is 1.63 bits per heavy atom. The third-order valence-electron chi connectivity index (χ3n) is 3.61. The average Bonchev–Trinajstić information content (AvgIpc) is 2.60. The highest BCUT2D eigenvalue weighted by atomic mass is 31.2. The molecular formula is C18H20F4NO3P. The van der Waals surface area contributed by atoms with Crippen molar-refractivity contribution in [2.24, 2.45) is 0 Å². The molecule has 0 aliphatic heterocycles. The van der Waals surface area contributed by atoms with Crippen LogP contribution in [-0.2, 0) is 19.8 Å². The van der Waals surface area contributed by atoms with Gasteiger partial charge in [-0.2, -0.15) is 13.2 Å². The molecule has 0 aliphatic rings. The van der Waals surface area contributed by atoms with Crippen molar-refractivity contribution in [3.63, 3.8) is 0 Å². The lowest BCUT2D eigenvalue weighted by Crippen LogP contribution is -2.16. The lowest BCUT2D eigenvalue weighted by molar-refractivity contribution is -0.137. The van der Waals surface area contributed by atoms with Crippen molar-refractivity contribution < 1.29 is 31.2 Å². The fourth-order valence-corrected chi connectivity index (χ4v) is 4.42. The summed E-state index contributed by atoms with van der Waals surface area (Å²) in [6, 6.07) is 9.57. The summed E-state index contributed by atoms with van der Waals surface area (Å²) in [4.78, 5) is 0. The smallest absolute Gasteiger partial charge is 0.368 e. The van der Waals surface area contributed by atoms with Crippen molar-refractivity contribution in [3.8, 4) is 0 Å². The van der Waals surface area contributed by atoms with Crippen molar-refractivity contribution in [2.75, 3.05) is 18.5 Å². The summed E-state index contributed by atoms with van der Waals surface area (Å²) in [6.07, 6.45) is -4.52. The largest absolute Gasteiger partial charge is 0.416 e. The Balaban J connectivity index is 2.47. The van der Waals surface area contributed by atoms with Crippen molar-refractivity contribution in [3.05, 3.63) is 65.5 Å². The van der Waals surface area contributed by atoms with E-state index in [0.717, 1.165) is 12.1 Å². The molecule has 4 nitrogen and oxygen atoms in total. The molecule has 0 saturated carbocycles. The van der Waals surface area contributed by atoms with Gasteiger partial charge in [0.1, 0.15) is 5.82 Å². The van der Waals surface area contributed by atoms with Gasteiger partial charge in [-0.1, -0.05) is 18.2 Å². The van der Waals surface area contributed by atoms with Gasteiger partial charge >= 0.3 is 13.8 Å². The van der Waals surface area contributed by atoms with E-state index in [0.29, 0.717) is 5.56 Å². The average molecular weight is 405 g/mol. The van der Waals surface area contributed by atoms with Gasteiger partial charge in [-0.15, -0.1) is 0 Å². The first-order chi connectivity index (χ1) is 12.7. The van der Waals surface area contributed by atoms with Gasteiger partial charge in [0, 0.05) is 5.69 Å². The Labute approximate surface area is 155 Å². The van der Waals surface area contributed by atoms with Gasteiger partial charge < -0.3 is 14.4 Å². The Hall–Kier alpha value is -1.89. The molecule has 27 heavy (non-hydrogen) atoms. The maximum absolute atomic E-state index is 13.3. The van der Waals surface area contributed by atoms with E-state index in [1.54, 1.807) is 13.8 Å². The monoisotopic (exact) mass is 405 g/mol. The number of rotatable bonds is 8. The fourth-order valence-electron chi connectivity index (χ4n) is 2.48. The van der Waals surface area contributed by atoms with Gasteiger partial charge in [0.25, 0.3) is 0 Å². The van der Waals surface area contributed by atoms with Gasteiger partial charge in [0.15, 0.2) is 5.78 Å². The number of halogens is 4. The molecule has 148 valence electrons. The number of hydrogen-bond donors (Lipinski definition) is 1. The molecular weight excluding hydrogens is 385 g/mol. The van der Waals surface area contributed by atoms with Crippen LogP contribution in [0.1, 0.15) is 30.8 Å². The highest BCUT2D eigenvalue weighted by molar-refractivity contribution is 7.54. The summed E-state index contributed by atoms with van der Waals surface area (Å²) in [7, 11) is -3.80. The minimum Gasteiger partial charge on any atom is -0.368 e. The van der Waals surface area contributed by atoms with Crippen LogP contribution in [0.5, 0.6) is 0 Å². The normalized spacial score (nSPS) is 13.4. The first-order valence-corrected chi connectivity index (χ1v) is 9.89. The summed E-state index contributed by atoms with van der Waals surface area (Å²) >= 11 is 0. The van der Waals surface area contributed by atoms with Gasteiger partial charge in [-0.25, -0.2) is 4.39 Å². The van der Waals surface area contributed by atoms with E-state index in [9.17, 15) is 22.1 Å². The highest BCUT2D eigenvalue weighted by Gasteiger charge is 2.37. The molecule has 0 radical (unpaired) electrons.